The highest BCUT2D eigenvalue weighted by molar-refractivity contribution is 5.39. The maximum absolute atomic E-state index is 5.78. The van der Waals surface area contributed by atoms with E-state index >= 15 is 0 Å². The molecular formula is C14H25N3. The van der Waals surface area contributed by atoms with Gasteiger partial charge in [-0.15, -0.1) is 0 Å². The lowest BCUT2D eigenvalue weighted by atomic mass is 10.1. The lowest BCUT2D eigenvalue weighted by Gasteiger charge is -2.22. The van der Waals surface area contributed by atoms with Crippen molar-refractivity contribution in [2.75, 3.05) is 18.0 Å². The number of pyridine rings is 1. The molecule has 1 aromatic heterocycles. The van der Waals surface area contributed by atoms with Crippen LogP contribution in [0, 0.1) is 0 Å². The minimum absolute atomic E-state index is 0.199. The molecule has 96 valence electrons. The topological polar surface area (TPSA) is 42.1 Å². The second kappa shape index (κ2) is 7.28. The van der Waals surface area contributed by atoms with Crippen LogP contribution in [0.4, 0.5) is 5.82 Å². The number of anilines is 1. The highest BCUT2D eigenvalue weighted by Crippen LogP contribution is 2.13. The number of rotatable bonds is 7. The Kier molecular flexibility index (Phi) is 5.98. The Hall–Kier alpha value is -1.09. The van der Waals surface area contributed by atoms with Gasteiger partial charge in [-0.25, -0.2) is 4.98 Å². The van der Waals surface area contributed by atoms with Crippen molar-refractivity contribution in [3.63, 3.8) is 0 Å². The molecule has 3 nitrogen and oxygen atoms in total. The molecule has 1 unspecified atom stereocenters. The second-order valence-corrected chi connectivity index (χ2v) is 4.69. The Balaban J connectivity index is 2.69. The molecule has 1 rings (SSSR count). The van der Waals surface area contributed by atoms with Gasteiger partial charge >= 0.3 is 0 Å². The van der Waals surface area contributed by atoms with E-state index in [4.69, 9.17) is 5.73 Å². The molecule has 0 saturated carbocycles. The number of nitrogens with two attached hydrogens (primary N) is 1. The van der Waals surface area contributed by atoms with Gasteiger partial charge in [-0.1, -0.05) is 19.9 Å². The zero-order valence-electron chi connectivity index (χ0n) is 11.3. The van der Waals surface area contributed by atoms with Crippen LogP contribution in [-0.4, -0.2) is 24.1 Å². The van der Waals surface area contributed by atoms with Gasteiger partial charge in [0.1, 0.15) is 5.82 Å². The Morgan fingerprint density at radius 1 is 1.24 bits per heavy atom. The molecule has 1 atom stereocenters. The van der Waals surface area contributed by atoms with E-state index in [0.717, 1.165) is 38.2 Å². The van der Waals surface area contributed by atoms with Crippen LogP contribution in [-0.2, 0) is 6.42 Å². The van der Waals surface area contributed by atoms with E-state index in [2.05, 4.69) is 35.9 Å². The number of aromatic nitrogens is 1. The summed E-state index contributed by atoms with van der Waals surface area (Å²) in [6, 6.07) is 4.46. The van der Waals surface area contributed by atoms with E-state index in [1.54, 1.807) is 0 Å². The summed E-state index contributed by atoms with van der Waals surface area (Å²) in [6.07, 6.45) is 5.17. The van der Waals surface area contributed by atoms with Crippen LogP contribution in [0.2, 0.25) is 0 Å². The summed E-state index contributed by atoms with van der Waals surface area (Å²) in [5.74, 6) is 1.09. The predicted molar refractivity (Wildman–Crippen MR) is 74.4 cm³/mol. The molecular weight excluding hydrogens is 210 g/mol. The quantitative estimate of drug-likeness (QED) is 0.790. The molecule has 0 bridgehead atoms. The molecule has 0 fully saturated rings. The Morgan fingerprint density at radius 2 is 1.88 bits per heavy atom. The molecule has 0 aliphatic rings. The minimum Gasteiger partial charge on any atom is -0.357 e. The van der Waals surface area contributed by atoms with Crippen molar-refractivity contribution in [3.05, 3.63) is 23.9 Å². The zero-order valence-corrected chi connectivity index (χ0v) is 11.3. The number of nitrogens with zero attached hydrogens (tertiary/aromatic N) is 2. The van der Waals surface area contributed by atoms with Crippen LogP contribution in [0.5, 0.6) is 0 Å². The van der Waals surface area contributed by atoms with Crippen molar-refractivity contribution in [1.82, 2.24) is 4.98 Å². The van der Waals surface area contributed by atoms with Crippen LogP contribution in [0.1, 0.15) is 39.2 Å². The van der Waals surface area contributed by atoms with E-state index in [-0.39, 0.29) is 6.04 Å². The normalized spacial score (nSPS) is 12.5. The van der Waals surface area contributed by atoms with Gasteiger partial charge in [0.2, 0.25) is 0 Å². The van der Waals surface area contributed by atoms with Gasteiger partial charge in [-0.05, 0) is 37.8 Å². The van der Waals surface area contributed by atoms with Gasteiger partial charge in [0.25, 0.3) is 0 Å². The molecule has 0 amide bonds. The van der Waals surface area contributed by atoms with Crippen molar-refractivity contribution in [2.45, 2.75) is 46.1 Å². The summed E-state index contributed by atoms with van der Waals surface area (Å²) < 4.78 is 0. The molecule has 0 aliphatic carbocycles. The van der Waals surface area contributed by atoms with Crippen molar-refractivity contribution >= 4 is 5.82 Å². The first-order valence-electron chi connectivity index (χ1n) is 6.62. The van der Waals surface area contributed by atoms with Gasteiger partial charge in [0, 0.05) is 25.3 Å². The van der Waals surface area contributed by atoms with E-state index in [9.17, 15) is 0 Å². The van der Waals surface area contributed by atoms with Crippen LogP contribution >= 0.6 is 0 Å². The molecule has 1 heterocycles. The van der Waals surface area contributed by atoms with Gasteiger partial charge < -0.3 is 10.6 Å². The van der Waals surface area contributed by atoms with Gasteiger partial charge in [-0.3, -0.25) is 0 Å². The fraction of sp³-hybridized carbons (Fsp3) is 0.643. The second-order valence-electron chi connectivity index (χ2n) is 4.69. The van der Waals surface area contributed by atoms with Crippen LogP contribution in [0.3, 0.4) is 0 Å². The van der Waals surface area contributed by atoms with Crippen molar-refractivity contribution < 1.29 is 0 Å². The summed E-state index contributed by atoms with van der Waals surface area (Å²) in [5.41, 5.74) is 7.00. The fourth-order valence-corrected chi connectivity index (χ4v) is 1.98. The van der Waals surface area contributed by atoms with E-state index in [1.807, 2.05) is 13.1 Å². The molecule has 2 N–H and O–H groups in total. The lowest BCUT2D eigenvalue weighted by Crippen LogP contribution is -2.26. The number of hydrogen-bond acceptors (Lipinski definition) is 3. The highest BCUT2D eigenvalue weighted by atomic mass is 15.2. The maximum Gasteiger partial charge on any atom is 0.128 e. The van der Waals surface area contributed by atoms with Crippen molar-refractivity contribution in [2.24, 2.45) is 5.73 Å². The van der Waals surface area contributed by atoms with Crippen molar-refractivity contribution in [3.8, 4) is 0 Å². The zero-order chi connectivity index (χ0) is 12.7. The monoisotopic (exact) mass is 235 g/mol. The van der Waals surface area contributed by atoms with Gasteiger partial charge in [-0.2, -0.15) is 0 Å². The molecule has 17 heavy (non-hydrogen) atoms. The summed E-state index contributed by atoms with van der Waals surface area (Å²) in [4.78, 5) is 6.88. The summed E-state index contributed by atoms with van der Waals surface area (Å²) in [7, 11) is 0. The molecule has 0 saturated heterocycles. The van der Waals surface area contributed by atoms with Crippen molar-refractivity contribution in [1.29, 1.82) is 0 Å². The SMILES string of the molecule is CCCN(CCC)c1ccc(CC(C)N)cn1. The third-order valence-electron chi connectivity index (χ3n) is 2.68. The highest BCUT2D eigenvalue weighted by Gasteiger charge is 2.06. The average molecular weight is 235 g/mol. The number of hydrogen-bond donors (Lipinski definition) is 1. The average Bonchev–Trinajstić information content (AvgIpc) is 2.29. The van der Waals surface area contributed by atoms with Crippen LogP contribution < -0.4 is 10.6 Å². The third-order valence-corrected chi connectivity index (χ3v) is 2.68. The Bertz CT molecular complexity index is 300. The fourth-order valence-electron chi connectivity index (χ4n) is 1.98. The summed E-state index contributed by atoms with van der Waals surface area (Å²) in [6.45, 7) is 8.58. The first-order chi connectivity index (χ1) is 8.17. The Morgan fingerprint density at radius 3 is 2.29 bits per heavy atom. The van der Waals surface area contributed by atoms with Gasteiger partial charge in [0.15, 0.2) is 0 Å². The summed E-state index contributed by atoms with van der Waals surface area (Å²) >= 11 is 0. The standard InChI is InChI=1S/C14H25N3/c1-4-8-17(9-5-2)14-7-6-13(11-16-14)10-12(3)15/h6-7,11-12H,4-5,8-10,15H2,1-3H3. The first-order valence-corrected chi connectivity index (χ1v) is 6.62. The van der Waals surface area contributed by atoms with E-state index in [1.165, 1.54) is 5.56 Å². The third kappa shape index (κ3) is 4.73. The molecule has 0 aliphatic heterocycles. The first kappa shape index (κ1) is 14.0. The minimum atomic E-state index is 0.199. The van der Waals surface area contributed by atoms with E-state index < -0.39 is 0 Å². The maximum atomic E-state index is 5.78. The smallest absolute Gasteiger partial charge is 0.128 e. The molecule has 0 spiro atoms. The van der Waals surface area contributed by atoms with Crippen LogP contribution in [0.25, 0.3) is 0 Å². The Labute approximate surface area is 105 Å². The van der Waals surface area contributed by atoms with E-state index in [0.29, 0.717) is 0 Å². The largest absolute Gasteiger partial charge is 0.357 e. The predicted octanol–water partition coefficient (Wildman–Crippen LogP) is 2.60. The van der Waals surface area contributed by atoms with Crippen LogP contribution in [0.15, 0.2) is 18.3 Å². The molecule has 0 radical (unpaired) electrons. The molecule has 1 aromatic rings. The van der Waals surface area contributed by atoms with Gasteiger partial charge in [0.05, 0.1) is 0 Å². The molecule has 3 heteroatoms. The lowest BCUT2D eigenvalue weighted by molar-refractivity contribution is 0.724. The molecule has 0 aromatic carbocycles. The summed E-state index contributed by atoms with van der Waals surface area (Å²) in [5, 5.41) is 0.